The first-order chi connectivity index (χ1) is 11.0. The molecule has 0 amide bonds. The number of hydrogen-bond acceptors (Lipinski definition) is 5. The fourth-order valence-electron chi connectivity index (χ4n) is 1.52. The molecule has 0 fully saturated rings. The topological polar surface area (TPSA) is 97.5 Å². The molecule has 0 bridgehead atoms. The number of thiol groups is 1. The summed E-state index contributed by atoms with van der Waals surface area (Å²) in [7, 11) is 0. The Balaban J connectivity index is 0.000000322. The van der Waals surface area contributed by atoms with Gasteiger partial charge in [-0.15, -0.1) is 0 Å². The van der Waals surface area contributed by atoms with Crippen LogP contribution in [0.5, 0.6) is 0 Å². The summed E-state index contributed by atoms with van der Waals surface area (Å²) in [5.74, 6) is -1.75. The van der Waals surface area contributed by atoms with Crippen molar-refractivity contribution in [1.82, 2.24) is 0 Å². The highest BCUT2D eigenvalue weighted by atomic mass is 32.1. The van der Waals surface area contributed by atoms with Crippen molar-refractivity contribution < 1.29 is 19.5 Å². The van der Waals surface area contributed by atoms with Crippen LogP contribution in [0.4, 0.5) is 0 Å². The largest absolute Gasteiger partial charge is 0.480 e. The molecule has 6 heteroatoms. The molecule has 23 heavy (non-hydrogen) atoms. The van der Waals surface area contributed by atoms with Gasteiger partial charge in [-0.3, -0.25) is 14.4 Å². The number of Topliss-reactive ketones (excluding diaryl/α,β-unsaturated/α-hetero) is 2. The quantitative estimate of drug-likeness (QED) is 0.443. The number of carbonyl (C=O) groups excluding carboxylic acids is 2. The number of carboxylic acid groups (broad SMARTS) is 1. The lowest BCUT2D eigenvalue weighted by Crippen LogP contribution is -2.31. The second-order valence-electron chi connectivity index (χ2n) is 4.52. The fraction of sp³-hybridized carbons (Fsp3) is 0.118. The summed E-state index contributed by atoms with van der Waals surface area (Å²) in [4.78, 5) is 33.3. The molecule has 2 aromatic rings. The van der Waals surface area contributed by atoms with Gasteiger partial charge in [0.05, 0.1) is 0 Å². The van der Waals surface area contributed by atoms with Crippen molar-refractivity contribution in [3.8, 4) is 0 Å². The van der Waals surface area contributed by atoms with Crippen LogP contribution in [-0.4, -0.2) is 34.4 Å². The minimum atomic E-state index is -1.00. The van der Waals surface area contributed by atoms with Gasteiger partial charge in [-0.2, -0.15) is 12.6 Å². The van der Waals surface area contributed by atoms with E-state index < -0.39 is 23.6 Å². The SMILES string of the molecule is N[C@@H](CS)C(=O)O.O=C(C(=O)c1ccccc1)c1ccccc1. The number of carboxylic acids is 1. The van der Waals surface area contributed by atoms with Crippen molar-refractivity contribution >= 4 is 30.2 Å². The van der Waals surface area contributed by atoms with Gasteiger partial charge in [0.2, 0.25) is 11.6 Å². The zero-order valence-electron chi connectivity index (χ0n) is 12.3. The van der Waals surface area contributed by atoms with E-state index in [-0.39, 0.29) is 5.75 Å². The Morgan fingerprint density at radius 3 is 1.43 bits per heavy atom. The molecule has 0 saturated carbocycles. The van der Waals surface area contributed by atoms with Gasteiger partial charge in [-0.1, -0.05) is 60.7 Å². The van der Waals surface area contributed by atoms with E-state index in [0.717, 1.165) is 0 Å². The van der Waals surface area contributed by atoms with Crippen LogP contribution in [0, 0.1) is 0 Å². The fourth-order valence-corrected chi connectivity index (χ4v) is 1.68. The van der Waals surface area contributed by atoms with Gasteiger partial charge in [0.1, 0.15) is 6.04 Å². The van der Waals surface area contributed by atoms with Gasteiger partial charge in [0.15, 0.2) is 0 Å². The molecular weight excluding hydrogens is 314 g/mol. The van der Waals surface area contributed by atoms with E-state index in [4.69, 9.17) is 10.8 Å². The van der Waals surface area contributed by atoms with Crippen LogP contribution in [0.25, 0.3) is 0 Å². The minimum absolute atomic E-state index is 0.190. The molecule has 0 aliphatic rings. The number of nitrogens with two attached hydrogens (primary N) is 1. The van der Waals surface area contributed by atoms with Gasteiger partial charge in [0, 0.05) is 16.9 Å². The van der Waals surface area contributed by atoms with Crippen molar-refractivity contribution in [3.05, 3.63) is 71.8 Å². The number of hydrogen-bond donors (Lipinski definition) is 3. The van der Waals surface area contributed by atoms with Crippen LogP contribution in [0.3, 0.4) is 0 Å². The molecule has 0 unspecified atom stereocenters. The molecule has 0 aliphatic carbocycles. The minimum Gasteiger partial charge on any atom is -0.480 e. The summed E-state index contributed by atoms with van der Waals surface area (Å²) in [6.07, 6.45) is 0. The lowest BCUT2D eigenvalue weighted by atomic mass is 10.0. The maximum atomic E-state index is 11.8. The third-order valence-electron chi connectivity index (χ3n) is 2.79. The van der Waals surface area contributed by atoms with E-state index in [1.54, 1.807) is 48.5 Å². The number of benzene rings is 2. The Morgan fingerprint density at radius 1 is 0.870 bits per heavy atom. The molecule has 5 nitrogen and oxygen atoms in total. The van der Waals surface area contributed by atoms with Crippen LogP contribution in [0.15, 0.2) is 60.7 Å². The summed E-state index contributed by atoms with van der Waals surface area (Å²) in [6, 6.07) is 16.3. The van der Waals surface area contributed by atoms with E-state index in [1.165, 1.54) is 0 Å². The van der Waals surface area contributed by atoms with E-state index in [0.29, 0.717) is 11.1 Å². The second kappa shape index (κ2) is 9.55. The molecule has 120 valence electrons. The number of carbonyl (C=O) groups is 3. The average Bonchev–Trinajstić information content (AvgIpc) is 2.61. The second-order valence-corrected chi connectivity index (χ2v) is 4.88. The van der Waals surface area contributed by atoms with Gasteiger partial charge in [-0.25, -0.2) is 0 Å². The Bertz CT molecular complexity index is 609. The maximum absolute atomic E-state index is 11.8. The van der Waals surface area contributed by atoms with Gasteiger partial charge >= 0.3 is 5.97 Å². The van der Waals surface area contributed by atoms with E-state index in [9.17, 15) is 14.4 Å². The van der Waals surface area contributed by atoms with E-state index >= 15 is 0 Å². The van der Waals surface area contributed by atoms with Crippen molar-refractivity contribution in [2.75, 3.05) is 5.75 Å². The Kier molecular flexibility index (Phi) is 7.73. The number of ketones is 2. The molecule has 0 radical (unpaired) electrons. The first kappa shape index (κ1) is 18.6. The highest BCUT2D eigenvalue weighted by Gasteiger charge is 2.17. The zero-order chi connectivity index (χ0) is 17.2. The van der Waals surface area contributed by atoms with Gasteiger partial charge < -0.3 is 10.8 Å². The van der Waals surface area contributed by atoms with E-state index in [2.05, 4.69) is 12.6 Å². The molecule has 1 atom stereocenters. The van der Waals surface area contributed by atoms with Gasteiger partial charge in [-0.05, 0) is 0 Å². The lowest BCUT2D eigenvalue weighted by molar-refractivity contribution is -0.137. The molecule has 0 saturated heterocycles. The van der Waals surface area contributed by atoms with E-state index in [1.807, 2.05) is 12.1 Å². The molecule has 0 aromatic heterocycles. The Hall–Kier alpha value is -2.44. The van der Waals surface area contributed by atoms with Gasteiger partial charge in [0.25, 0.3) is 0 Å². The van der Waals surface area contributed by atoms with Crippen molar-refractivity contribution in [2.45, 2.75) is 6.04 Å². The predicted molar refractivity (Wildman–Crippen MR) is 91.0 cm³/mol. The van der Waals surface area contributed by atoms with Crippen LogP contribution in [-0.2, 0) is 4.79 Å². The molecule has 3 N–H and O–H groups in total. The number of rotatable bonds is 5. The highest BCUT2D eigenvalue weighted by Crippen LogP contribution is 2.07. The standard InChI is InChI=1S/C14H10O2.C3H7NO2S/c15-13(11-7-3-1-4-8-11)14(16)12-9-5-2-6-10-12;4-2(1-7)3(5)6/h1-10H;2,7H,1,4H2,(H,5,6)/t;2-/m.0/s1. The predicted octanol–water partition coefficient (Wildman–Crippen LogP) is 2.08. The van der Waals surface area contributed by atoms with Crippen molar-refractivity contribution in [3.63, 3.8) is 0 Å². The van der Waals surface area contributed by atoms with Crippen molar-refractivity contribution in [2.24, 2.45) is 5.73 Å². The summed E-state index contributed by atoms with van der Waals surface area (Å²) < 4.78 is 0. The van der Waals surface area contributed by atoms with Crippen LogP contribution in [0.1, 0.15) is 20.7 Å². The molecule has 0 aliphatic heterocycles. The summed E-state index contributed by atoms with van der Waals surface area (Å²) in [6.45, 7) is 0. The molecule has 2 aromatic carbocycles. The third-order valence-corrected chi connectivity index (χ3v) is 3.19. The zero-order valence-corrected chi connectivity index (χ0v) is 13.1. The van der Waals surface area contributed by atoms with Crippen LogP contribution < -0.4 is 5.73 Å². The Morgan fingerprint density at radius 2 is 1.22 bits per heavy atom. The smallest absolute Gasteiger partial charge is 0.321 e. The Labute approximate surface area is 139 Å². The van der Waals surface area contributed by atoms with Crippen LogP contribution >= 0.6 is 12.6 Å². The lowest BCUT2D eigenvalue weighted by Gasteiger charge is -1.99. The molecule has 2 rings (SSSR count). The molecule has 0 spiro atoms. The number of aliphatic carboxylic acids is 1. The van der Waals surface area contributed by atoms with Crippen LogP contribution in [0.2, 0.25) is 0 Å². The first-order valence-electron chi connectivity index (χ1n) is 6.75. The van der Waals surface area contributed by atoms with Crippen molar-refractivity contribution in [1.29, 1.82) is 0 Å². The molecular formula is C17H17NO4S. The third kappa shape index (κ3) is 6.06. The summed E-state index contributed by atoms with van der Waals surface area (Å²) in [5, 5.41) is 8.01. The molecule has 0 heterocycles. The highest BCUT2D eigenvalue weighted by molar-refractivity contribution is 7.80. The summed E-state index contributed by atoms with van der Waals surface area (Å²) >= 11 is 3.65. The summed E-state index contributed by atoms with van der Waals surface area (Å²) in [5.41, 5.74) is 5.79. The first-order valence-corrected chi connectivity index (χ1v) is 7.39. The normalized spacial score (nSPS) is 10.9. The average molecular weight is 331 g/mol. The maximum Gasteiger partial charge on any atom is 0.321 e. The monoisotopic (exact) mass is 331 g/mol.